The van der Waals surface area contributed by atoms with Crippen LogP contribution < -0.4 is 5.32 Å². The monoisotopic (exact) mass is 271 g/mol. The van der Waals surface area contributed by atoms with Gasteiger partial charge in [0.2, 0.25) is 5.91 Å². The Morgan fingerprint density at radius 2 is 1.89 bits per heavy atom. The smallest absolute Gasteiger partial charge is 0.226 e. The molecule has 1 amide bonds. The van der Waals surface area contributed by atoms with Gasteiger partial charge in [0.05, 0.1) is 5.41 Å². The van der Waals surface area contributed by atoms with E-state index in [0.29, 0.717) is 0 Å². The molecule has 0 aromatic rings. The molecule has 0 aromatic heterocycles. The average Bonchev–Trinajstić information content (AvgIpc) is 2.73. The quantitative estimate of drug-likeness (QED) is 0.535. The molecule has 1 unspecified atom stereocenters. The standard InChI is InChI=1S/C15H29NOS/c1-6-7-8-9-16-12(17)15(10-13(15,2)3)11-14(4,5)18/h18H,6-11H2,1-5H3,(H,16,17). The van der Waals surface area contributed by atoms with Crippen LogP contribution in [0.1, 0.15) is 66.7 Å². The zero-order valence-electron chi connectivity index (χ0n) is 12.6. The van der Waals surface area contributed by atoms with Crippen molar-refractivity contribution < 1.29 is 4.79 Å². The van der Waals surface area contributed by atoms with Crippen molar-refractivity contribution in [1.82, 2.24) is 5.32 Å². The van der Waals surface area contributed by atoms with Crippen molar-refractivity contribution in [3.05, 3.63) is 0 Å². The van der Waals surface area contributed by atoms with E-state index in [9.17, 15) is 4.79 Å². The van der Waals surface area contributed by atoms with Crippen molar-refractivity contribution in [3.63, 3.8) is 0 Å². The third-order valence-corrected chi connectivity index (χ3v) is 4.31. The van der Waals surface area contributed by atoms with Gasteiger partial charge in [-0.15, -0.1) is 0 Å². The fourth-order valence-corrected chi connectivity index (χ4v) is 3.23. The summed E-state index contributed by atoms with van der Waals surface area (Å²) in [5, 5.41) is 3.13. The second kappa shape index (κ2) is 5.44. The van der Waals surface area contributed by atoms with Crippen LogP contribution in [0.5, 0.6) is 0 Å². The zero-order chi connectivity index (χ0) is 14.0. The van der Waals surface area contributed by atoms with Gasteiger partial charge >= 0.3 is 0 Å². The van der Waals surface area contributed by atoms with Gasteiger partial charge in [-0.25, -0.2) is 0 Å². The lowest BCUT2D eigenvalue weighted by molar-refractivity contribution is -0.128. The van der Waals surface area contributed by atoms with E-state index in [1.54, 1.807) is 0 Å². The molecule has 0 bridgehead atoms. The Balaban J connectivity index is 2.56. The molecule has 0 saturated heterocycles. The molecular formula is C15H29NOS. The van der Waals surface area contributed by atoms with Gasteiger partial charge in [-0.05, 0) is 24.7 Å². The van der Waals surface area contributed by atoms with Gasteiger partial charge in [-0.2, -0.15) is 12.6 Å². The minimum atomic E-state index is -0.190. The van der Waals surface area contributed by atoms with E-state index in [1.807, 2.05) is 0 Å². The second-order valence-electron chi connectivity index (χ2n) is 7.09. The highest BCUT2D eigenvalue weighted by Crippen LogP contribution is 2.67. The first-order chi connectivity index (χ1) is 8.15. The lowest BCUT2D eigenvalue weighted by atomic mass is 9.85. The van der Waals surface area contributed by atoms with Crippen molar-refractivity contribution in [3.8, 4) is 0 Å². The number of carbonyl (C=O) groups excluding carboxylic acids is 1. The van der Waals surface area contributed by atoms with Gasteiger partial charge in [-0.1, -0.05) is 47.5 Å². The highest BCUT2D eigenvalue weighted by Gasteiger charge is 2.66. The third-order valence-electron chi connectivity index (χ3n) is 4.15. The molecule has 0 heterocycles. The summed E-state index contributed by atoms with van der Waals surface area (Å²) in [4.78, 5) is 12.4. The van der Waals surface area contributed by atoms with Crippen LogP contribution in [-0.2, 0) is 4.79 Å². The normalized spacial score (nSPS) is 25.9. The zero-order valence-corrected chi connectivity index (χ0v) is 13.5. The maximum Gasteiger partial charge on any atom is 0.226 e. The number of hydrogen-bond donors (Lipinski definition) is 2. The number of carbonyl (C=O) groups is 1. The first-order valence-electron chi connectivity index (χ1n) is 7.15. The highest BCUT2D eigenvalue weighted by atomic mass is 32.1. The van der Waals surface area contributed by atoms with Gasteiger partial charge in [-0.3, -0.25) is 4.79 Å². The highest BCUT2D eigenvalue weighted by molar-refractivity contribution is 7.81. The molecule has 2 nitrogen and oxygen atoms in total. The van der Waals surface area contributed by atoms with Crippen molar-refractivity contribution in [2.75, 3.05) is 6.54 Å². The van der Waals surface area contributed by atoms with E-state index in [4.69, 9.17) is 0 Å². The Bertz CT molecular complexity index is 306. The van der Waals surface area contributed by atoms with Crippen molar-refractivity contribution in [2.45, 2.75) is 71.5 Å². The van der Waals surface area contributed by atoms with Gasteiger partial charge in [0.1, 0.15) is 0 Å². The number of rotatable bonds is 7. The van der Waals surface area contributed by atoms with Crippen molar-refractivity contribution >= 4 is 18.5 Å². The largest absolute Gasteiger partial charge is 0.356 e. The van der Waals surface area contributed by atoms with Crippen LogP contribution in [0, 0.1) is 10.8 Å². The molecule has 0 spiro atoms. The molecule has 3 heteroatoms. The van der Waals surface area contributed by atoms with Gasteiger partial charge in [0.25, 0.3) is 0 Å². The van der Waals surface area contributed by atoms with E-state index in [0.717, 1.165) is 25.8 Å². The predicted molar refractivity (Wildman–Crippen MR) is 81.0 cm³/mol. The van der Waals surface area contributed by atoms with E-state index in [2.05, 4.69) is 52.6 Å². The Hall–Kier alpha value is -0.180. The molecule has 106 valence electrons. The summed E-state index contributed by atoms with van der Waals surface area (Å²) < 4.78 is -0.0888. The van der Waals surface area contributed by atoms with Crippen molar-refractivity contribution in [1.29, 1.82) is 0 Å². The molecule has 1 aliphatic rings. The fourth-order valence-electron chi connectivity index (χ4n) is 2.96. The van der Waals surface area contributed by atoms with Crippen LogP contribution in [0.25, 0.3) is 0 Å². The number of hydrogen-bond acceptors (Lipinski definition) is 2. The van der Waals surface area contributed by atoms with E-state index in [1.165, 1.54) is 12.8 Å². The Morgan fingerprint density at radius 3 is 2.28 bits per heavy atom. The number of unbranched alkanes of at least 4 members (excludes halogenated alkanes) is 2. The SMILES string of the molecule is CCCCCNC(=O)C1(CC(C)(C)S)CC1(C)C. The first kappa shape index (κ1) is 15.9. The van der Waals surface area contributed by atoms with Crippen LogP contribution in [0.15, 0.2) is 0 Å². The Kier molecular flexibility index (Phi) is 4.80. The predicted octanol–water partition coefficient (Wildman–Crippen LogP) is 3.81. The van der Waals surface area contributed by atoms with Crippen LogP contribution in [0.4, 0.5) is 0 Å². The molecule has 0 aliphatic heterocycles. The minimum Gasteiger partial charge on any atom is -0.356 e. The van der Waals surface area contributed by atoms with Crippen LogP contribution in [0.3, 0.4) is 0 Å². The minimum absolute atomic E-state index is 0.0888. The van der Waals surface area contributed by atoms with E-state index < -0.39 is 0 Å². The molecule has 1 atom stereocenters. The summed E-state index contributed by atoms with van der Waals surface area (Å²) in [6.45, 7) is 11.6. The molecule has 1 N–H and O–H groups in total. The van der Waals surface area contributed by atoms with Crippen LogP contribution in [-0.4, -0.2) is 17.2 Å². The molecule has 1 saturated carbocycles. The average molecular weight is 271 g/mol. The lowest BCUT2D eigenvalue weighted by Crippen LogP contribution is -2.38. The fraction of sp³-hybridized carbons (Fsp3) is 0.933. The number of thiol groups is 1. The summed E-state index contributed by atoms with van der Waals surface area (Å²) in [5.74, 6) is 0.241. The number of amides is 1. The van der Waals surface area contributed by atoms with Gasteiger partial charge < -0.3 is 5.32 Å². The molecule has 0 radical (unpaired) electrons. The van der Waals surface area contributed by atoms with E-state index >= 15 is 0 Å². The van der Waals surface area contributed by atoms with Crippen LogP contribution in [0.2, 0.25) is 0 Å². The molecule has 18 heavy (non-hydrogen) atoms. The summed E-state index contributed by atoms with van der Waals surface area (Å²) >= 11 is 4.61. The first-order valence-corrected chi connectivity index (χ1v) is 7.60. The van der Waals surface area contributed by atoms with Gasteiger partial charge in [0.15, 0.2) is 0 Å². The maximum absolute atomic E-state index is 12.4. The molecule has 1 rings (SSSR count). The summed E-state index contributed by atoms with van der Waals surface area (Å²) in [6, 6.07) is 0. The number of nitrogens with one attached hydrogen (secondary N) is 1. The second-order valence-corrected chi connectivity index (χ2v) is 8.31. The maximum atomic E-state index is 12.4. The summed E-state index contributed by atoms with van der Waals surface area (Å²) in [5.41, 5.74) is -0.0632. The summed E-state index contributed by atoms with van der Waals surface area (Å²) in [7, 11) is 0. The van der Waals surface area contributed by atoms with Gasteiger partial charge in [0, 0.05) is 11.3 Å². The molecule has 1 aliphatic carbocycles. The third kappa shape index (κ3) is 3.66. The summed E-state index contributed by atoms with van der Waals surface area (Å²) in [6.07, 6.45) is 5.31. The topological polar surface area (TPSA) is 29.1 Å². The Labute approximate surface area is 118 Å². The molecule has 0 aromatic carbocycles. The Morgan fingerprint density at radius 1 is 1.33 bits per heavy atom. The van der Waals surface area contributed by atoms with Crippen LogP contribution >= 0.6 is 12.6 Å². The lowest BCUT2D eigenvalue weighted by Gasteiger charge is -2.27. The molecule has 1 fully saturated rings. The molecular weight excluding hydrogens is 242 g/mol. The van der Waals surface area contributed by atoms with Crippen molar-refractivity contribution in [2.24, 2.45) is 10.8 Å². The van der Waals surface area contributed by atoms with E-state index in [-0.39, 0.29) is 21.5 Å².